The number of para-hydroxylation sites is 1. The summed E-state index contributed by atoms with van der Waals surface area (Å²) < 4.78 is 27.2. The largest absolute Gasteiger partial charge is 0.488 e. The summed E-state index contributed by atoms with van der Waals surface area (Å²) >= 11 is 11.8. The van der Waals surface area contributed by atoms with Crippen molar-refractivity contribution in [1.82, 2.24) is 5.32 Å². The van der Waals surface area contributed by atoms with Crippen molar-refractivity contribution in [2.75, 3.05) is 31.7 Å². The first-order valence-electron chi connectivity index (χ1n) is 5.93. The van der Waals surface area contributed by atoms with Crippen molar-refractivity contribution in [3.8, 4) is 5.75 Å². The third-order valence-corrected chi connectivity index (χ3v) is 3.91. The minimum absolute atomic E-state index is 0.00925. The number of sulfone groups is 1. The van der Waals surface area contributed by atoms with Gasteiger partial charge in [-0.15, -0.1) is 0 Å². The van der Waals surface area contributed by atoms with Crippen LogP contribution in [0.1, 0.15) is 0 Å². The number of nitrogens with one attached hydrogen (secondary N) is 1. The van der Waals surface area contributed by atoms with Gasteiger partial charge in [0.25, 0.3) is 0 Å². The van der Waals surface area contributed by atoms with Crippen LogP contribution in [-0.4, -0.2) is 51.3 Å². The first kappa shape index (κ1) is 17.5. The van der Waals surface area contributed by atoms with Gasteiger partial charge in [-0.1, -0.05) is 29.3 Å². The van der Waals surface area contributed by atoms with Gasteiger partial charge in [-0.3, -0.25) is 0 Å². The van der Waals surface area contributed by atoms with Crippen LogP contribution >= 0.6 is 23.2 Å². The second-order valence-corrected chi connectivity index (χ2v) is 7.42. The molecule has 0 aliphatic carbocycles. The van der Waals surface area contributed by atoms with Crippen molar-refractivity contribution in [3.05, 3.63) is 28.2 Å². The van der Waals surface area contributed by atoms with Crippen molar-refractivity contribution in [2.45, 2.75) is 6.10 Å². The normalized spacial score (nSPS) is 13.2. The average Bonchev–Trinajstić information content (AvgIpc) is 2.33. The van der Waals surface area contributed by atoms with Crippen molar-refractivity contribution >= 4 is 33.0 Å². The van der Waals surface area contributed by atoms with Crippen LogP contribution in [0.25, 0.3) is 0 Å². The Morgan fingerprint density at radius 3 is 2.50 bits per heavy atom. The highest BCUT2D eigenvalue weighted by molar-refractivity contribution is 7.90. The van der Waals surface area contributed by atoms with E-state index in [0.29, 0.717) is 15.8 Å². The van der Waals surface area contributed by atoms with Gasteiger partial charge in [0, 0.05) is 19.3 Å². The van der Waals surface area contributed by atoms with E-state index in [9.17, 15) is 13.5 Å². The number of benzene rings is 1. The lowest BCUT2D eigenvalue weighted by molar-refractivity contribution is 0.107. The number of hydrogen-bond acceptors (Lipinski definition) is 5. The van der Waals surface area contributed by atoms with E-state index in [1.54, 1.807) is 18.2 Å². The Kier molecular flexibility index (Phi) is 7.05. The molecule has 114 valence electrons. The molecule has 0 radical (unpaired) electrons. The Hall–Kier alpha value is -0.530. The maximum Gasteiger partial charge on any atom is 0.156 e. The van der Waals surface area contributed by atoms with Crippen molar-refractivity contribution < 1.29 is 18.3 Å². The van der Waals surface area contributed by atoms with Crippen molar-refractivity contribution in [3.63, 3.8) is 0 Å². The first-order chi connectivity index (χ1) is 9.29. The average molecular weight is 342 g/mol. The highest BCUT2D eigenvalue weighted by atomic mass is 35.5. The van der Waals surface area contributed by atoms with Gasteiger partial charge in [0.05, 0.1) is 15.8 Å². The standard InChI is InChI=1S/C12H17Cl2NO4S/c1-20(17,18)6-5-15-7-9(16)8-19-12-10(13)3-2-4-11(12)14/h2-4,9,15-16H,5-8H2,1H3. The maximum absolute atomic E-state index is 10.9. The van der Waals surface area contributed by atoms with Crippen LogP contribution in [0.3, 0.4) is 0 Å². The van der Waals surface area contributed by atoms with E-state index in [1.807, 2.05) is 0 Å². The lowest BCUT2D eigenvalue weighted by atomic mass is 10.3. The summed E-state index contributed by atoms with van der Waals surface area (Å²) in [6, 6.07) is 4.97. The smallest absolute Gasteiger partial charge is 0.156 e. The molecule has 1 atom stereocenters. The molecule has 1 aromatic rings. The van der Waals surface area contributed by atoms with Crippen LogP contribution in [0.2, 0.25) is 10.0 Å². The molecule has 0 heterocycles. The number of aliphatic hydroxyl groups excluding tert-OH is 1. The molecular weight excluding hydrogens is 325 g/mol. The van der Waals surface area contributed by atoms with Gasteiger partial charge >= 0.3 is 0 Å². The fraction of sp³-hybridized carbons (Fsp3) is 0.500. The van der Waals surface area contributed by atoms with Gasteiger partial charge in [0.1, 0.15) is 22.5 Å². The molecule has 0 spiro atoms. The molecule has 5 nitrogen and oxygen atoms in total. The van der Waals surface area contributed by atoms with Gasteiger partial charge in [-0.25, -0.2) is 8.42 Å². The molecule has 1 unspecified atom stereocenters. The second kappa shape index (κ2) is 8.05. The van der Waals surface area contributed by atoms with Crippen LogP contribution < -0.4 is 10.1 Å². The third-order valence-electron chi connectivity index (χ3n) is 2.37. The molecule has 8 heteroatoms. The predicted octanol–water partition coefficient (Wildman–Crippen LogP) is 1.37. The molecule has 1 aromatic carbocycles. The monoisotopic (exact) mass is 341 g/mol. The van der Waals surface area contributed by atoms with E-state index < -0.39 is 15.9 Å². The van der Waals surface area contributed by atoms with Crippen LogP contribution in [0.15, 0.2) is 18.2 Å². The molecule has 2 N–H and O–H groups in total. The van der Waals surface area contributed by atoms with Crippen LogP contribution in [0.5, 0.6) is 5.75 Å². The number of halogens is 2. The van der Waals surface area contributed by atoms with Gasteiger partial charge in [-0.2, -0.15) is 0 Å². The maximum atomic E-state index is 10.9. The Balaban J connectivity index is 2.31. The molecule has 0 aromatic heterocycles. The summed E-state index contributed by atoms with van der Waals surface area (Å²) in [5.74, 6) is 0.350. The third kappa shape index (κ3) is 6.76. The topological polar surface area (TPSA) is 75.6 Å². The SMILES string of the molecule is CS(=O)(=O)CCNCC(O)COc1c(Cl)cccc1Cl. The number of hydrogen-bond donors (Lipinski definition) is 2. The minimum Gasteiger partial charge on any atom is -0.488 e. The van der Waals surface area contributed by atoms with E-state index in [1.165, 1.54) is 0 Å². The highest BCUT2D eigenvalue weighted by Gasteiger charge is 2.10. The summed E-state index contributed by atoms with van der Waals surface area (Å²) in [5.41, 5.74) is 0. The zero-order valence-corrected chi connectivity index (χ0v) is 13.3. The quantitative estimate of drug-likeness (QED) is 0.698. The summed E-state index contributed by atoms with van der Waals surface area (Å²) in [4.78, 5) is 0. The summed E-state index contributed by atoms with van der Waals surface area (Å²) in [5, 5.41) is 13.3. The summed E-state index contributed by atoms with van der Waals surface area (Å²) in [6.45, 7) is 0.510. The Morgan fingerprint density at radius 2 is 1.95 bits per heavy atom. The van der Waals surface area contributed by atoms with E-state index in [-0.39, 0.29) is 25.4 Å². The zero-order chi connectivity index (χ0) is 15.2. The number of rotatable bonds is 8. The highest BCUT2D eigenvalue weighted by Crippen LogP contribution is 2.32. The molecule has 1 rings (SSSR count). The molecular formula is C12H17Cl2NO4S. The Morgan fingerprint density at radius 1 is 1.35 bits per heavy atom. The van der Waals surface area contributed by atoms with Gasteiger partial charge in [0.15, 0.2) is 5.75 Å². The second-order valence-electron chi connectivity index (χ2n) is 4.35. The lowest BCUT2D eigenvalue weighted by Gasteiger charge is -2.14. The van der Waals surface area contributed by atoms with Crippen molar-refractivity contribution in [1.29, 1.82) is 0 Å². The summed E-state index contributed by atoms with van der Waals surface area (Å²) in [7, 11) is -3.00. The van der Waals surface area contributed by atoms with E-state index >= 15 is 0 Å². The Bertz CT molecular complexity index is 516. The summed E-state index contributed by atoms with van der Waals surface area (Å²) in [6.07, 6.45) is 0.370. The van der Waals surface area contributed by atoms with Crippen molar-refractivity contribution in [2.24, 2.45) is 0 Å². The first-order valence-corrected chi connectivity index (χ1v) is 8.74. The van der Waals surface area contributed by atoms with Crippen LogP contribution in [0.4, 0.5) is 0 Å². The van der Waals surface area contributed by atoms with E-state index in [0.717, 1.165) is 6.26 Å². The van der Waals surface area contributed by atoms with Gasteiger partial charge in [-0.05, 0) is 12.1 Å². The van der Waals surface area contributed by atoms with Gasteiger partial charge in [0.2, 0.25) is 0 Å². The predicted molar refractivity (Wildman–Crippen MR) is 80.5 cm³/mol. The Labute approximate surface area is 128 Å². The van der Waals surface area contributed by atoms with E-state index in [2.05, 4.69) is 5.32 Å². The molecule has 20 heavy (non-hydrogen) atoms. The fourth-order valence-corrected chi connectivity index (χ4v) is 2.41. The van der Waals surface area contributed by atoms with Gasteiger partial charge < -0.3 is 15.2 Å². The molecule has 0 saturated carbocycles. The number of aliphatic hydroxyl groups is 1. The van der Waals surface area contributed by atoms with E-state index in [4.69, 9.17) is 27.9 Å². The molecule has 0 amide bonds. The zero-order valence-electron chi connectivity index (χ0n) is 11.0. The molecule has 0 aliphatic rings. The van der Waals surface area contributed by atoms with Crippen LogP contribution in [0, 0.1) is 0 Å². The molecule has 0 bridgehead atoms. The fourth-order valence-electron chi connectivity index (χ4n) is 1.39. The molecule has 0 aliphatic heterocycles. The molecule has 0 fully saturated rings. The molecule has 0 saturated heterocycles. The number of ether oxygens (including phenoxy) is 1. The minimum atomic E-state index is -3.00. The van der Waals surface area contributed by atoms with Crippen LogP contribution in [-0.2, 0) is 9.84 Å². The lowest BCUT2D eigenvalue weighted by Crippen LogP contribution is -2.34.